The highest BCUT2D eigenvalue weighted by atomic mass is 35.5. The van der Waals surface area contributed by atoms with Gasteiger partial charge in [-0.05, 0) is 30.7 Å². The highest BCUT2D eigenvalue weighted by Gasteiger charge is 2.53. The number of anilines is 1. The number of ether oxygens (including phenoxy) is 2. The van der Waals surface area contributed by atoms with Crippen LogP contribution in [0.15, 0.2) is 47.5 Å². The van der Waals surface area contributed by atoms with Gasteiger partial charge in [-0.25, -0.2) is 4.99 Å². The van der Waals surface area contributed by atoms with Crippen LogP contribution in [0.2, 0.25) is 5.02 Å². The van der Waals surface area contributed by atoms with Gasteiger partial charge in [-0.1, -0.05) is 36.7 Å². The summed E-state index contributed by atoms with van der Waals surface area (Å²) in [5.74, 6) is 1.87. The van der Waals surface area contributed by atoms with Crippen LogP contribution >= 0.6 is 11.6 Å². The quantitative estimate of drug-likeness (QED) is 0.629. The maximum atomic E-state index is 6.13. The second kappa shape index (κ2) is 6.84. The Bertz CT molecular complexity index is 809. The number of benzene rings is 2. The molecule has 2 aromatic rings. The Morgan fingerprint density at radius 1 is 1.20 bits per heavy atom. The lowest BCUT2D eigenvalue weighted by Crippen LogP contribution is -2.24. The van der Waals surface area contributed by atoms with Crippen LogP contribution in [0.1, 0.15) is 18.9 Å². The minimum Gasteiger partial charge on any atom is -0.496 e. The number of hydrogen-bond donors (Lipinski definition) is 2. The molecule has 5 nitrogen and oxygen atoms in total. The second-order valence-corrected chi connectivity index (χ2v) is 6.73. The molecule has 1 aliphatic rings. The Hall–Kier alpha value is -2.40. The van der Waals surface area contributed by atoms with Gasteiger partial charge in [-0.15, -0.1) is 0 Å². The lowest BCUT2D eigenvalue weighted by molar-refractivity contribution is 0.405. The first-order valence-corrected chi connectivity index (χ1v) is 8.43. The highest BCUT2D eigenvalue weighted by Crippen LogP contribution is 2.53. The number of nitrogens with one attached hydrogen (secondary N) is 1. The molecule has 0 aliphatic heterocycles. The lowest BCUT2D eigenvalue weighted by Gasteiger charge is -2.15. The number of hydrogen-bond acceptors (Lipinski definition) is 3. The number of para-hydroxylation sites is 1. The summed E-state index contributed by atoms with van der Waals surface area (Å²) in [5.41, 5.74) is 7.94. The van der Waals surface area contributed by atoms with Crippen molar-refractivity contribution in [3.63, 3.8) is 0 Å². The summed E-state index contributed by atoms with van der Waals surface area (Å²) in [4.78, 5) is 4.61. The minimum absolute atomic E-state index is 0.0591. The molecule has 0 spiro atoms. The molecule has 3 N–H and O–H groups in total. The van der Waals surface area contributed by atoms with Gasteiger partial charge in [0.25, 0.3) is 0 Å². The summed E-state index contributed by atoms with van der Waals surface area (Å²) in [6.07, 6.45) is 0.930. The summed E-state index contributed by atoms with van der Waals surface area (Å²) in [7, 11) is 3.27. The zero-order valence-electron chi connectivity index (χ0n) is 14.5. The fraction of sp³-hybridized carbons (Fsp3) is 0.316. The summed E-state index contributed by atoms with van der Waals surface area (Å²) < 4.78 is 10.6. The van der Waals surface area contributed by atoms with Gasteiger partial charge >= 0.3 is 0 Å². The van der Waals surface area contributed by atoms with E-state index in [0.717, 1.165) is 23.4 Å². The number of aliphatic imine (C=N–C) groups is 1. The van der Waals surface area contributed by atoms with Crippen molar-refractivity contribution in [2.45, 2.75) is 24.8 Å². The normalized spacial score (nSPS) is 22.4. The summed E-state index contributed by atoms with van der Waals surface area (Å²) in [6.45, 7) is 2.18. The van der Waals surface area contributed by atoms with Crippen molar-refractivity contribution in [1.82, 2.24) is 0 Å². The van der Waals surface area contributed by atoms with Crippen molar-refractivity contribution in [1.29, 1.82) is 0 Å². The first-order chi connectivity index (χ1) is 12.0. The van der Waals surface area contributed by atoms with Crippen LogP contribution in [0.25, 0.3) is 0 Å². The summed E-state index contributed by atoms with van der Waals surface area (Å²) in [5, 5.41) is 3.60. The van der Waals surface area contributed by atoms with Gasteiger partial charge in [0.1, 0.15) is 11.5 Å². The van der Waals surface area contributed by atoms with Crippen LogP contribution in [0.4, 0.5) is 5.69 Å². The number of halogens is 1. The zero-order chi connectivity index (χ0) is 18.0. The third-order valence-corrected chi connectivity index (χ3v) is 4.93. The molecule has 0 bridgehead atoms. The number of guanidine groups is 1. The van der Waals surface area contributed by atoms with Crippen molar-refractivity contribution < 1.29 is 9.47 Å². The Labute approximate surface area is 152 Å². The van der Waals surface area contributed by atoms with Gasteiger partial charge in [0.05, 0.1) is 25.3 Å². The first-order valence-electron chi connectivity index (χ1n) is 8.05. The molecule has 0 radical (unpaired) electrons. The average Bonchev–Trinajstić information content (AvgIpc) is 3.25. The van der Waals surface area contributed by atoms with Crippen LogP contribution < -0.4 is 20.5 Å². The molecule has 2 aromatic carbocycles. The van der Waals surface area contributed by atoms with Crippen molar-refractivity contribution in [2.75, 3.05) is 19.5 Å². The highest BCUT2D eigenvalue weighted by molar-refractivity contribution is 6.32. The minimum atomic E-state index is -0.0591. The van der Waals surface area contributed by atoms with Crippen molar-refractivity contribution in [2.24, 2.45) is 10.7 Å². The number of nitrogens with two attached hydrogens (primary N) is 1. The van der Waals surface area contributed by atoms with Crippen LogP contribution in [-0.4, -0.2) is 26.2 Å². The SMILES string of the molecule is COc1ccc(NC(N)=NC2CC2(C)c2ccccc2OC)cc1Cl. The molecule has 3 rings (SSSR count). The van der Waals surface area contributed by atoms with E-state index >= 15 is 0 Å². The van der Waals surface area contributed by atoms with Gasteiger partial charge < -0.3 is 20.5 Å². The molecule has 0 amide bonds. The Kier molecular flexibility index (Phi) is 4.77. The van der Waals surface area contributed by atoms with Gasteiger partial charge in [-0.2, -0.15) is 0 Å². The van der Waals surface area contributed by atoms with E-state index in [2.05, 4.69) is 23.3 Å². The third-order valence-electron chi connectivity index (χ3n) is 4.63. The second-order valence-electron chi connectivity index (χ2n) is 6.33. The van der Waals surface area contributed by atoms with Gasteiger partial charge in [-0.3, -0.25) is 0 Å². The predicted octanol–water partition coefficient (Wildman–Crippen LogP) is 3.81. The Morgan fingerprint density at radius 2 is 1.92 bits per heavy atom. The molecule has 6 heteroatoms. The van der Waals surface area contributed by atoms with E-state index in [9.17, 15) is 0 Å². The molecule has 132 valence electrons. The molecular weight excluding hydrogens is 338 g/mol. The molecular formula is C19H22ClN3O2. The van der Waals surface area contributed by atoms with Crippen molar-refractivity contribution in [3.05, 3.63) is 53.1 Å². The molecule has 0 heterocycles. The van der Waals surface area contributed by atoms with Crippen molar-refractivity contribution in [3.8, 4) is 11.5 Å². The molecule has 0 saturated heterocycles. The summed E-state index contributed by atoms with van der Waals surface area (Å²) in [6, 6.07) is 13.5. The largest absolute Gasteiger partial charge is 0.496 e. The Balaban J connectivity index is 1.73. The first kappa shape index (κ1) is 17.4. The zero-order valence-corrected chi connectivity index (χ0v) is 15.3. The molecule has 1 fully saturated rings. The van der Waals surface area contributed by atoms with E-state index in [1.807, 2.05) is 24.3 Å². The van der Waals surface area contributed by atoms with Crippen LogP contribution in [-0.2, 0) is 5.41 Å². The number of nitrogens with zero attached hydrogens (tertiary/aromatic N) is 1. The molecule has 2 unspecified atom stereocenters. The van der Waals surface area contributed by atoms with Gasteiger partial charge in [0.15, 0.2) is 5.96 Å². The fourth-order valence-electron chi connectivity index (χ4n) is 3.03. The monoisotopic (exact) mass is 359 g/mol. The molecule has 1 aliphatic carbocycles. The van der Waals surface area contributed by atoms with E-state index in [0.29, 0.717) is 16.7 Å². The fourth-order valence-corrected chi connectivity index (χ4v) is 3.29. The van der Waals surface area contributed by atoms with Crippen LogP contribution in [0.3, 0.4) is 0 Å². The average molecular weight is 360 g/mol. The number of methoxy groups -OCH3 is 2. The van der Waals surface area contributed by atoms with Crippen LogP contribution in [0, 0.1) is 0 Å². The van der Waals surface area contributed by atoms with E-state index in [1.165, 1.54) is 0 Å². The Morgan fingerprint density at radius 3 is 2.60 bits per heavy atom. The predicted molar refractivity (Wildman–Crippen MR) is 102 cm³/mol. The van der Waals surface area contributed by atoms with Gasteiger partial charge in [0, 0.05) is 16.7 Å². The van der Waals surface area contributed by atoms with Gasteiger partial charge in [0.2, 0.25) is 0 Å². The van der Waals surface area contributed by atoms with Crippen molar-refractivity contribution >= 4 is 23.2 Å². The maximum Gasteiger partial charge on any atom is 0.193 e. The molecule has 0 aromatic heterocycles. The topological polar surface area (TPSA) is 68.9 Å². The smallest absolute Gasteiger partial charge is 0.193 e. The maximum absolute atomic E-state index is 6.13. The van der Waals surface area contributed by atoms with E-state index in [4.69, 9.17) is 26.8 Å². The van der Waals surface area contributed by atoms with E-state index < -0.39 is 0 Å². The van der Waals surface area contributed by atoms with E-state index in [1.54, 1.807) is 26.4 Å². The molecule has 25 heavy (non-hydrogen) atoms. The molecule has 1 saturated carbocycles. The van der Waals surface area contributed by atoms with E-state index in [-0.39, 0.29) is 11.5 Å². The standard InChI is InChI=1S/C19H22ClN3O2/c1-19(13-6-4-5-7-15(13)24-2)11-17(19)23-18(21)22-12-8-9-16(25-3)14(20)10-12/h4-10,17H,11H2,1-3H3,(H3,21,22,23). The molecule has 2 atom stereocenters. The lowest BCUT2D eigenvalue weighted by atomic mass is 9.96. The number of rotatable bonds is 5. The van der Waals surface area contributed by atoms with Crippen LogP contribution in [0.5, 0.6) is 11.5 Å². The third kappa shape index (κ3) is 3.51. The summed E-state index contributed by atoms with van der Waals surface area (Å²) >= 11 is 6.13.